The van der Waals surface area contributed by atoms with Gasteiger partial charge in [-0.1, -0.05) is 15.9 Å². The average molecular weight is 318 g/mol. The number of thioether (sulfide) groups is 1. The van der Waals surface area contributed by atoms with E-state index in [0.717, 1.165) is 4.90 Å². The second kappa shape index (κ2) is 7.74. The lowest BCUT2D eigenvalue weighted by molar-refractivity contribution is 0.0950. The summed E-state index contributed by atoms with van der Waals surface area (Å²) in [6, 6.07) is 7.56. The van der Waals surface area contributed by atoms with Gasteiger partial charge >= 0.3 is 0 Å². The highest BCUT2D eigenvalue weighted by Crippen LogP contribution is 2.14. The summed E-state index contributed by atoms with van der Waals surface area (Å²) >= 11 is 5.08. The van der Waals surface area contributed by atoms with E-state index >= 15 is 0 Å². The Bertz CT molecular complexity index is 356. The molecule has 94 valence electrons. The molecule has 1 rings (SSSR count). The summed E-state index contributed by atoms with van der Waals surface area (Å²) < 4.78 is 4.97. The largest absolute Gasteiger partial charge is 0.383 e. The van der Waals surface area contributed by atoms with Gasteiger partial charge in [-0.3, -0.25) is 4.79 Å². The van der Waals surface area contributed by atoms with Gasteiger partial charge in [0.05, 0.1) is 11.4 Å². The lowest BCUT2D eigenvalue weighted by Crippen LogP contribution is -2.31. The zero-order chi connectivity index (χ0) is 12.7. The highest BCUT2D eigenvalue weighted by atomic mass is 79.9. The van der Waals surface area contributed by atoms with Gasteiger partial charge in [0.25, 0.3) is 5.91 Å². The number of carbonyl (C=O) groups is 1. The molecule has 0 saturated carbocycles. The number of amides is 1. The maximum atomic E-state index is 11.8. The zero-order valence-electron chi connectivity index (χ0n) is 9.90. The van der Waals surface area contributed by atoms with Crippen LogP contribution < -0.4 is 5.32 Å². The molecule has 0 aliphatic heterocycles. The van der Waals surface area contributed by atoms with Gasteiger partial charge < -0.3 is 10.1 Å². The average Bonchev–Trinajstić information content (AvgIpc) is 2.36. The summed E-state index contributed by atoms with van der Waals surface area (Å²) in [5, 5.41) is 2.85. The van der Waals surface area contributed by atoms with Crippen molar-refractivity contribution in [1.29, 1.82) is 0 Å². The molecule has 0 saturated heterocycles. The van der Waals surface area contributed by atoms with E-state index in [0.29, 0.717) is 18.7 Å². The Morgan fingerprint density at radius 3 is 2.65 bits per heavy atom. The van der Waals surface area contributed by atoms with Gasteiger partial charge in [0.2, 0.25) is 0 Å². The SMILES string of the molecule is COCC(Br)CNC(=O)c1ccc(SC)cc1. The molecule has 3 nitrogen and oxygen atoms in total. The number of alkyl halides is 1. The Morgan fingerprint density at radius 1 is 1.47 bits per heavy atom. The van der Waals surface area contributed by atoms with Crippen molar-refractivity contribution < 1.29 is 9.53 Å². The minimum atomic E-state index is -0.0572. The van der Waals surface area contributed by atoms with Crippen LogP contribution in [-0.4, -0.2) is 37.3 Å². The number of rotatable bonds is 6. The third kappa shape index (κ3) is 5.10. The highest BCUT2D eigenvalue weighted by Gasteiger charge is 2.08. The van der Waals surface area contributed by atoms with Gasteiger partial charge in [0, 0.05) is 24.1 Å². The second-order valence-corrected chi connectivity index (χ2v) is 5.67. The van der Waals surface area contributed by atoms with Crippen molar-refractivity contribution >= 4 is 33.6 Å². The number of hydrogen-bond donors (Lipinski definition) is 1. The highest BCUT2D eigenvalue weighted by molar-refractivity contribution is 9.09. The fraction of sp³-hybridized carbons (Fsp3) is 0.417. The van der Waals surface area contributed by atoms with Crippen molar-refractivity contribution in [3.05, 3.63) is 29.8 Å². The number of halogens is 1. The van der Waals surface area contributed by atoms with Gasteiger partial charge in [-0.2, -0.15) is 0 Å². The van der Waals surface area contributed by atoms with E-state index in [4.69, 9.17) is 4.74 Å². The Balaban J connectivity index is 2.46. The number of carbonyl (C=O) groups excluding carboxylic acids is 1. The standard InChI is InChI=1S/C12H16BrNO2S/c1-16-8-10(13)7-14-12(15)9-3-5-11(17-2)6-4-9/h3-6,10H,7-8H2,1-2H3,(H,14,15). The van der Waals surface area contributed by atoms with Crippen LogP contribution in [0.5, 0.6) is 0 Å². The number of benzene rings is 1. The van der Waals surface area contributed by atoms with E-state index in [1.54, 1.807) is 18.9 Å². The molecule has 0 heterocycles. The summed E-state index contributed by atoms with van der Waals surface area (Å²) in [5.41, 5.74) is 0.680. The van der Waals surface area contributed by atoms with E-state index in [9.17, 15) is 4.79 Å². The Hall–Kier alpha value is -0.520. The fourth-order valence-corrected chi connectivity index (χ4v) is 2.12. The Labute approximate surface area is 114 Å². The van der Waals surface area contributed by atoms with Crippen molar-refractivity contribution in [2.24, 2.45) is 0 Å². The molecule has 1 atom stereocenters. The number of nitrogens with one attached hydrogen (secondary N) is 1. The third-order valence-corrected chi connectivity index (χ3v) is 3.52. The van der Waals surface area contributed by atoms with Crippen LogP contribution in [0.2, 0.25) is 0 Å². The summed E-state index contributed by atoms with van der Waals surface area (Å²) in [6.45, 7) is 1.13. The Morgan fingerprint density at radius 2 is 2.12 bits per heavy atom. The maximum Gasteiger partial charge on any atom is 0.251 e. The quantitative estimate of drug-likeness (QED) is 0.647. The molecule has 0 bridgehead atoms. The van der Waals surface area contributed by atoms with Gasteiger partial charge in [-0.05, 0) is 30.5 Å². The molecule has 0 fully saturated rings. The summed E-state index contributed by atoms with van der Waals surface area (Å²) in [6.07, 6.45) is 2.01. The summed E-state index contributed by atoms with van der Waals surface area (Å²) in [4.78, 5) is 13.1. The van der Waals surface area contributed by atoms with Crippen LogP contribution in [0, 0.1) is 0 Å². The maximum absolute atomic E-state index is 11.8. The first kappa shape index (κ1) is 14.5. The van der Waals surface area contributed by atoms with Crippen LogP contribution in [0.25, 0.3) is 0 Å². The predicted molar refractivity (Wildman–Crippen MR) is 75.1 cm³/mol. The molecular formula is C12H16BrNO2S. The van der Waals surface area contributed by atoms with Gasteiger partial charge in [0.15, 0.2) is 0 Å². The molecule has 1 aromatic carbocycles. The normalized spacial score (nSPS) is 12.2. The lowest BCUT2D eigenvalue weighted by Gasteiger charge is -2.10. The topological polar surface area (TPSA) is 38.3 Å². The third-order valence-electron chi connectivity index (χ3n) is 2.18. The first-order chi connectivity index (χ1) is 8.17. The predicted octanol–water partition coefficient (Wildman–Crippen LogP) is 2.55. The van der Waals surface area contributed by atoms with E-state index in [1.165, 1.54) is 0 Å². The van der Waals surface area contributed by atoms with Gasteiger partial charge in [0.1, 0.15) is 0 Å². The number of ether oxygens (including phenoxy) is 1. The number of methoxy groups -OCH3 is 1. The van der Waals surface area contributed by atoms with Crippen LogP contribution >= 0.6 is 27.7 Å². The minimum absolute atomic E-state index is 0.0572. The molecule has 0 aliphatic carbocycles. The monoisotopic (exact) mass is 317 g/mol. The molecule has 1 aromatic rings. The molecule has 1 unspecified atom stereocenters. The molecule has 0 aromatic heterocycles. The van der Waals surface area contributed by atoms with Crippen LogP contribution in [0.3, 0.4) is 0 Å². The fourth-order valence-electron chi connectivity index (χ4n) is 1.29. The first-order valence-electron chi connectivity index (χ1n) is 5.22. The Kier molecular flexibility index (Phi) is 6.62. The molecule has 0 aliphatic rings. The zero-order valence-corrected chi connectivity index (χ0v) is 12.3. The van der Waals surface area contributed by atoms with Crippen LogP contribution in [0.1, 0.15) is 10.4 Å². The molecular weight excluding hydrogens is 302 g/mol. The van der Waals surface area contributed by atoms with Crippen molar-refractivity contribution in [2.75, 3.05) is 26.5 Å². The van der Waals surface area contributed by atoms with Crippen LogP contribution in [0.4, 0.5) is 0 Å². The molecule has 0 radical (unpaired) electrons. The lowest BCUT2D eigenvalue weighted by atomic mass is 10.2. The molecule has 0 spiro atoms. The molecule has 5 heteroatoms. The molecule has 1 N–H and O–H groups in total. The van der Waals surface area contributed by atoms with E-state index in [1.807, 2.05) is 30.5 Å². The van der Waals surface area contributed by atoms with Crippen molar-refractivity contribution in [2.45, 2.75) is 9.72 Å². The second-order valence-electron chi connectivity index (χ2n) is 3.49. The van der Waals surface area contributed by atoms with E-state index in [-0.39, 0.29) is 10.7 Å². The minimum Gasteiger partial charge on any atom is -0.383 e. The summed E-state index contributed by atoms with van der Waals surface area (Å²) in [7, 11) is 1.64. The van der Waals surface area contributed by atoms with Crippen molar-refractivity contribution in [3.8, 4) is 0 Å². The number of hydrogen-bond acceptors (Lipinski definition) is 3. The van der Waals surface area contributed by atoms with Gasteiger partial charge in [-0.25, -0.2) is 0 Å². The van der Waals surface area contributed by atoms with E-state index in [2.05, 4.69) is 21.2 Å². The van der Waals surface area contributed by atoms with Crippen molar-refractivity contribution in [3.63, 3.8) is 0 Å². The van der Waals surface area contributed by atoms with Gasteiger partial charge in [-0.15, -0.1) is 11.8 Å². The first-order valence-corrected chi connectivity index (χ1v) is 7.36. The smallest absolute Gasteiger partial charge is 0.251 e. The summed E-state index contributed by atoms with van der Waals surface area (Å²) in [5.74, 6) is -0.0572. The van der Waals surface area contributed by atoms with E-state index < -0.39 is 0 Å². The van der Waals surface area contributed by atoms with Crippen molar-refractivity contribution in [1.82, 2.24) is 5.32 Å². The molecule has 17 heavy (non-hydrogen) atoms. The van der Waals surface area contributed by atoms with Crippen LogP contribution in [-0.2, 0) is 4.74 Å². The molecule has 1 amide bonds. The van der Waals surface area contributed by atoms with Crippen LogP contribution in [0.15, 0.2) is 29.2 Å².